The number of aryl methyl sites for hydroxylation is 1. The molecule has 5 heteroatoms. The first-order valence-electron chi connectivity index (χ1n) is 9.40. The second kappa shape index (κ2) is 6.27. The lowest BCUT2D eigenvalue weighted by Crippen LogP contribution is -2.04. The molecule has 0 N–H and O–H groups in total. The van der Waals surface area contributed by atoms with Crippen LogP contribution in [0.3, 0.4) is 0 Å². The molecule has 0 amide bonds. The van der Waals surface area contributed by atoms with Gasteiger partial charge in [-0.25, -0.2) is 0 Å². The van der Waals surface area contributed by atoms with Crippen LogP contribution in [0.25, 0.3) is 5.65 Å². The van der Waals surface area contributed by atoms with Crippen LogP contribution in [0.5, 0.6) is 5.75 Å². The molecule has 1 aromatic carbocycles. The SMILES string of the molecule is Cc1c(OC[C@H]2C[C@@H]2c2ccc(Cl)cc2)ccn2c(CC3CC3)nnc12. The van der Waals surface area contributed by atoms with Gasteiger partial charge < -0.3 is 4.74 Å². The first-order valence-corrected chi connectivity index (χ1v) is 9.78. The first-order chi connectivity index (χ1) is 12.7. The van der Waals surface area contributed by atoms with Gasteiger partial charge in [0, 0.05) is 29.1 Å². The maximum Gasteiger partial charge on any atom is 0.167 e. The molecule has 2 aromatic heterocycles. The molecule has 0 saturated heterocycles. The molecule has 2 heterocycles. The van der Waals surface area contributed by atoms with Crippen molar-refractivity contribution in [2.75, 3.05) is 6.61 Å². The van der Waals surface area contributed by atoms with Crippen molar-refractivity contribution in [2.24, 2.45) is 11.8 Å². The van der Waals surface area contributed by atoms with Crippen LogP contribution in [0.15, 0.2) is 36.5 Å². The lowest BCUT2D eigenvalue weighted by Gasteiger charge is -2.10. The van der Waals surface area contributed by atoms with Crippen LogP contribution in [-0.4, -0.2) is 21.2 Å². The summed E-state index contributed by atoms with van der Waals surface area (Å²) in [4.78, 5) is 0. The fourth-order valence-electron chi connectivity index (χ4n) is 3.74. The van der Waals surface area contributed by atoms with Crippen molar-refractivity contribution in [1.82, 2.24) is 14.6 Å². The Morgan fingerprint density at radius 1 is 1.15 bits per heavy atom. The summed E-state index contributed by atoms with van der Waals surface area (Å²) in [5, 5.41) is 9.58. The smallest absolute Gasteiger partial charge is 0.167 e. The highest BCUT2D eigenvalue weighted by Gasteiger charge is 2.38. The zero-order chi connectivity index (χ0) is 17.7. The lowest BCUT2D eigenvalue weighted by atomic mass is 10.1. The predicted molar refractivity (Wildman–Crippen MR) is 102 cm³/mol. The quantitative estimate of drug-likeness (QED) is 0.626. The topological polar surface area (TPSA) is 39.4 Å². The van der Waals surface area contributed by atoms with Gasteiger partial charge in [0.1, 0.15) is 11.6 Å². The van der Waals surface area contributed by atoms with E-state index in [-0.39, 0.29) is 0 Å². The average Bonchev–Trinajstić information content (AvgIpc) is 3.55. The molecule has 0 aliphatic heterocycles. The average molecular weight is 368 g/mol. The fourth-order valence-corrected chi connectivity index (χ4v) is 3.86. The van der Waals surface area contributed by atoms with E-state index in [0.29, 0.717) is 11.8 Å². The summed E-state index contributed by atoms with van der Waals surface area (Å²) >= 11 is 5.97. The number of nitrogens with zero attached hydrogens (tertiary/aromatic N) is 3. The summed E-state index contributed by atoms with van der Waals surface area (Å²) in [6.45, 7) is 2.82. The Bertz CT molecular complexity index is 946. The van der Waals surface area contributed by atoms with Crippen molar-refractivity contribution in [1.29, 1.82) is 0 Å². The number of ether oxygens (including phenoxy) is 1. The number of fused-ring (bicyclic) bond motifs is 1. The van der Waals surface area contributed by atoms with Gasteiger partial charge in [-0.3, -0.25) is 4.40 Å². The molecule has 0 spiro atoms. The number of aromatic nitrogens is 3. The van der Waals surface area contributed by atoms with Crippen LogP contribution >= 0.6 is 11.6 Å². The summed E-state index contributed by atoms with van der Waals surface area (Å²) in [6, 6.07) is 10.2. The normalized spacial score (nSPS) is 21.9. The van der Waals surface area contributed by atoms with E-state index in [2.05, 4.69) is 45.9 Å². The number of pyridine rings is 1. The minimum absolute atomic E-state index is 0.579. The maximum absolute atomic E-state index is 6.14. The van der Waals surface area contributed by atoms with Gasteiger partial charge in [-0.15, -0.1) is 10.2 Å². The van der Waals surface area contributed by atoms with Gasteiger partial charge in [0.2, 0.25) is 0 Å². The molecule has 0 bridgehead atoms. The van der Waals surface area contributed by atoms with Crippen molar-refractivity contribution in [3.05, 3.63) is 58.5 Å². The van der Waals surface area contributed by atoms with Gasteiger partial charge >= 0.3 is 0 Å². The third-order valence-corrected chi connectivity index (χ3v) is 5.94. The summed E-state index contributed by atoms with van der Waals surface area (Å²) < 4.78 is 8.26. The van der Waals surface area contributed by atoms with E-state index in [1.165, 1.54) is 24.8 Å². The Morgan fingerprint density at radius 3 is 2.73 bits per heavy atom. The van der Waals surface area contributed by atoms with E-state index < -0.39 is 0 Å². The monoisotopic (exact) mass is 367 g/mol. The molecule has 5 rings (SSSR count). The highest BCUT2D eigenvalue weighted by molar-refractivity contribution is 6.30. The van der Waals surface area contributed by atoms with E-state index in [9.17, 15) is 0 Å². The predicted octanol–water partition coefficient (Wildman–Crippen LogP) is 4.83. The van der Waals surface area contributed by atoms with E-state index in [0.717, 1.165) is 46.8 Å². The highest BCUT2D eigenvalue weighted by atomic mass is 35.5. The van der Waals surface area contributed by atoms with E-state index in [4.69, 9.17) is 16.3 Å². The first kappa shape index (κ1) is 16.1. The van der Waals surface area contributed by atoms with Gasteiger partial charge in [-0.1, -0.05) is 23.7 Å². The van der Waals surface area contributed by atoms with Crippen molar-refractivity contribution in [2.45, 2.75) is 38.5 Å². The summed E-state index contributed by atoms with van der Waals surface area (Å²) in [7, 11) is 0. The molecule has 2 aliphatic rings. The summed E-state index contributed by atoms with van der Waals surface area (Å²) in [6.07, 6.45) is 6.92. The number of benzene rings is 1. The van der Waals surface area contributed by atoms with Crippen molar-refractivity contribution < 1.29 is 4.74 Å². The molecular formula is C21H22ClN3O. The second-order valence-corrected chi connectivity index (χ2v) is 8.16. The zero-order valence-corrected chi connectivity index (χ0v) is 15.6. The number of hydrogen-bond donors (Lipinski definition) is 0. The zero-order valence-electron chi connectivity index (χ0n) is 14.9. The standard InChI is InChI=1S/C21H22ClN3O/c1-13-19(8-9-25-20(10-14-2-3-14)23-24-21(13)25)26-12-16-11-18(16)15-4-6-17(22)7-5-15/h4-9,14,16,18H,2-3,10-12H2,1H3/t16-,18-/m1/s1. The summed E-state index contributed by atoms with van der Waals surface area (Å²) in [5.74, 6) is 3.97. The van der Waals surface area contributed by atoms with Crippen LogP contribution in [-0.2, 0) is 6.42 Å². The molecular weight excluding hydrogens is 346 g/mol. The molecule has 26 heavy (non-hydrogen) atoms. The highest BCUT2D eigenvalue weighted by Crippen LogP contribution is 2.47. The van der Waals surface area contributed by atoms with Gasteiger partial charge in [0.15, 0.2) is 5.65 Å². The van der Waals surface area contributed by atoms with Crippen LogP contribution in [0, 0.1) is 18.8 Å². The molecule has 0 radical (unpaired) electrons. The molecule has 2 saturated carbocycles. The van der Waals surface area contributed by atoms with Gasteiger partial charge in [-0.2, -0.15) is 0 Å². The molecule has 2 fully saturated rings. The third kappa shape index (κ3) is 3.07. The van der Waals surface area contributed by atoms with Gasteiger partial charge in [0.05, 0.1) is 6.61 Å². The molecule has 2 aliphatic carbocycles. The van der Waals surface area contributed by atoms with Crippen LogP contribution in [0.2, 0.25) is 5.02 Å². The fraction of sp³-hybridized carbons (Fsp3) is 0.429. The van der Waals surface area contributed by atoms with E-state index >= 15 is 0 Å². The van der Waals surface area contributed by atoms with Gasteiger partial charge in [0.25, 0.3) is 0 Å². The second-order valence-electron chi connectivity index (χ2n) is 7.73. The molecule has 2 atom stereocenters. The van der Waals surface area contributed by atoms with E-state index in [1.807, 2.05) is 12.1 Å². The van der Waals surface area contributed by atoms with Crippen LogP contribution in [0.4, 0.5) is 0 Å². The Balaban J connectivity index is 1.26. The summed E-state index contributed by atoms with van der Waals surface area (Å²) in [5.41, 5.74) is 3.35. The largest absolute Gasteiger partial charge is 0.493 e. The minimum atomic E-state index is 0.579. The maximum atomic E-state index is 6.14. The molecule has 4 nitrogen and oxygen atoms in total. The lowest BCUT2D eigenvalue weighted by molar-refractivity contribution is 0.295. The molecule has 0 unspecified atom stereocenters. The third-order valence-electron chi connectivity index (χ3n) is 5.69. The number of halogens is 1. The van der Waals surface area contributed by atoms with Crippen molar-refractivity contribution >= 4 is 17.2 Å². The molecule has 134 valence electrons. The Morgan fingerprint density at radius 2 is 1.96 bits per heavy atom. The molecule has 3 aromatic rings. The Labute approximate surface area is 158 Å². The van der Waals surface area contributed by atoms with Gasteiger partial charge in [-0.05, 0) is 61.8 Å². The number of hydrogen-bond acceptors (Lipinski definition) is 3. The minimum Gasteiger partial charge on any atom is -0.493 e. The number of rotatable bonds is 6. The van der Waals surface area contributed by atoms with Crippen molar-refractivity contribution in [3.63, 3.8) is 0 Å². The Hall–Kier alpha value is -2.07. The van der Waals surface area contributed by atoms with E-state index in [1.54, 1.807) is 0 Å². The van der Waals surface area contributed by atoms with Crippen molar-refractivity contribution in [3.8, 4) is 5.75 Å². The Kier molecular flexibility index (Phi) is 3.89. The van der Waals surface area contributed by atoms with Crippen LogP contribution < -0.4 is 4.74 Å². The van der Waals surface area contributed by atoms with Crippen LogP contribution in [0.1, 0.15) is 42.1 Å².